The van der Waals surface area contributed by atoms with Gasteiger partial charge in [-0.2, -0.15) is 0 Å². The molecule has 0 unspecified atom stereocenters. The molecule has 0 aliphatic rings. The lowest BCUT2D eigenvalue weighted by molar-refractivity contribution is -0.145. The number of hydrogen-bond acceptors (Lipinski definition) is 6. The molecule has 1 rings (SSSR count). The van der Waals surface area contributed by atoms with Crippen molar-refractivity contribution in [2.45, 2.75) is 5.53 Å². The van der Waals surface area contributed by atoms with E-state index in [0.717, 1.165) is 0 Å². The Hall–Kier alpha value is -1.75. The molecule has 0 N–H and O–H groups in total. The number of hydrogen-bond donors (Lipinski definition) is 0. The first kappa shape index (κ1) is 17.3. The van der Waals surface area contributed by atoms with Crippen LogP contribution in [0.1, 0.15) is 11.1 Å². The molecular weight excluding hydrogens is 295 g/mol. The van der Waals surface area contributed by atoms with Crippen LogP contribution in [0.4, 0.5) is 0 Å². The number of benzene rings is 1. The van der Waals surface area contributed by atoms with Crippen LogP contribution >= 0.6 is 8.46 Å². The Morgan fingerprint density at radius 2 is 1.76 bits per heavy atom. The van der Waals surface area contributed by atoms with Gasteiger partial charge in [-0.25, -0.2) is 4.79 Å². The lowest BCUT2D eigenvalue weighted by Crippen LogP contribution is -2.26. The van der Waals surface area contributed by atoms with Gasteiger partial charge in [0, 0.05) is 25.3 Å². The van der Waals surface area contributed by atoms with Crippen LogP contribution in [-0.4, -0.2) is 34.4 Å². The molecule has 0 fully saturated rings. The third-order valence-electron chi connectivity index (χ3n) is 2.87. The molecule has 0 saturated heterocycles. The highest BCUT2D eigenvalue weighted by molar-refractivity contribution is 7.24. The van der Waals surface area contributed by atoms with E-state index >= 15 is 0 Å². The second-order valence-electron chi connectivity index (χ2n) is 3.89. The zero-order valence-corrected chi connectivity index (χ0v) is 13.2. The molecule has 21 heavy (non-hydrogen) atoms. The van der Waals surface area contributed by atoms with E-state index in [1.165, 1.54) is 34.7 Å². The molecule has 1 aromatic carbocycles. The van der Waals surface area contributed by atoms with Gasteiger partial charge in [0.2, 0.25) is 8.46 Å². The van der Waals surface area contributed by atoms with E-state index < -0.39 is 20.0 Å². The van der Waals surface area contributed by atoms with E-state index in [0.29, 0.717) is 11.1 Å². The van der Waals surface area contributed by atoms with Gasteiger partial charge < -0.3 is 18.9 Å². The summed E-state index contributed by atoms with van der Waals surface area (Å²) in [7, 11) is 5.00. The van der Waals surface area contributed by atoms with Crippen LogP contribution < -0.4 is 0 Å². The smallest absolute Gasteiger partial charge is 0.341 e. The third kappa shape index (κ3) is 3.47. The predicted octanol–water partition coefficient (Wildman–Crippen LogP) is 2.54. The van der Waals surface area contributed by atoms with Crippen molar-refractivity contribution in [2.24, 2.45) is 0 Å². The standard InChI is InChI=1S/C14H17O6P/c1-17-9-11(13(15)18-2)10-7-5-6-8-12(10)14(19-3,20-4)21-16/h5-9H,1-4H3/b11-9+. The fourth-order valence-electron chi connectivity index (χ4n) is 1.87. The summed E-state index contributed by atoms with van der Waals surface area (Å²) in [6.45, 7) is 0. The maximum Gasteiger partial charge on any atom is 0.341 e. The second kappa shape index (κ2) is 7.88. The summed E-state index contributed by atoms with van der Waals surface area (Å²) >= 11 is 0. The summed E-state index contributed by atoms with van der Waals surface area (Å²) < 4.78 is 31.7. The molecule has 0 amide bonds. The maximum atomic E-state index is 11.9. The molecule has 7 heteroatoms. The Labute approximate surface area is 124 Å². The van der Waals surface area contributed by atoms with Gasteiger partial charge in [-0.3, -0.25) is 4.57 Å². The zero-order valence-electron chi connectivity index (χ0n) is 12.3. The Balaban J connectivity index is 3.54. The molecule has 0 heterocycles. The van der Waals surface area contributed by atoms with Gasteiger partial charge in [-0.05, 0) is 0 Å². The van der Waals surface area contributed by atoms with Crippen molar-refractivity contribution in [3.8, 4) is 0 Å². The third-order valence-corrected chi connectivity index (χ3v) is 3.72. The van der Waals surface area contributed by atoms with Crippen LogP contribution in [0.5, 0.6) is 0 Å². The average Bonchev–Trinajstić information content (AvgIpc) is 2.55. The Bertz CT molecular complexity index is 536. The summed E-state index contributed by atoms with van der Waals surface area (Å²) in [5.74, 6) is -0.590. The Morgan fingerprint density at radius 3 is 2.24 bits per heavy atom. The van der Waals surface area contributed by atoms with Crippen molar-refractivity contribution in [2.75, 3.05) is 28.4 Å². The molecule has 0 aromatic heterocycles. The van der Waals surface area contributed by atoms with Gasteiger partial charge in [0.1, 0.15) is 5.57 Å². The van der Waals surface area contributed by atoms with Gasteiger partial charge in [-0.15, -0.1) is 0 Å². The number of carbonyl (C=O) groups is 1. The van der Waals surface area contributed by atoms with E-state index in [4.69, 9.17) is 18.9 Å². The topological polar surface area (TPSA) is 71.1 Å². The fraction of sp³-hybridized carbons (Fsp3) is 0.357. The highest BCUT2D eigenvalue weighted by Crippen LogP contribution is 2.40. The molecule has 1 aromatic rings. The van der Waals surface area contributed by atoms with Crippen molar-refractivity contribution < 1.29 is 28.3 Å². The molecule has 0 bridgehead atoms. The van der Waals surface area contributed by atoms with Crippen molar-refractivity contribution in [1.82, 2.24) is 0 Å². The highest BCUT2D eigenvalue weighted by Gasteiger charge is 2.37. The molecule has 114 valence electrons. The normalized spacial score (nSPS) is 12.3. The molecule has 0 radical (unpaired) electrons. The zero-order chi connectivity index (χ0) is 15.9. The summed E-state index contributed by atoms with van der Waals surface area (Å²) in [6, 6.07) is 6.76. The van der Waals surface area contributed by atoms with E-state index in [9.17, 15) is 9.36 Å². The first-order valence-corrected chi connectivity index (χ1v) is 6.77. The van der Waals surface area contributed by atoms with Gasteiger partial charge >= 0.3 is 5.97 Å². The minimum atomic E-state index is -1.52. The van der Waals surface area contributed by atoms with Crippen molar-refractivity contribution >= 4 is 20.0 Å². The maximum absolute atomic E-state index is 11.9. The first-order chi connectivity index (χ1) is 10.1. The van der Waals surface area contributed by atoms with E-state index in [1.54, 1.807) is 24.3 Å². The van der Waals surface area contributed by atoms with Gasteiger partial charge in [-0.1, -0.05) is 24.3 Å². The van der Waals surface area contributed by atoms with Crippen LogP contribution in [0.15, 0.2) is 30.5 Å². The minimum absolute atomic E-state index is 0.165. The minimum Gasteiger partial charge on any atom is -0.503 e. The fourth-order valence-corrected chi connectivity index (χ4v) is 2.31. The number of carbonyl (C=O) groups excluding carboxylic acids is 1. The van der Waals surface area contributed by atoms with Gasteiger partial charge in [0.15, 0.2) is 0 Å². The molecular formula is C14H17O6P. The number of methoxy groups -OCH3 is 4. The molecule has 0 atom stereocenters. The number of ether oxygens (including phenoxy) is 4. The quantitative estimate of drug-likeness (QED) is 0.253. The lowest BCUT2D eigenvalue weighted by Gasteiger charge is -2.26. The highest BCUT2D eigenvalue weighted by atomic mass is 31.1. The monoisotopic (exact) mass is 312 g/mol. The largest absolute Gasteiger partial charge is 0.503 e. The molecule has 0 aliphatic heterocycles. The van der Waals surface area contributed by atoms with Crippen LogP contribution in [0, 0.1) is 0 Å². The van der Waals surface area contributed by atoms with Crippen LogP contribution in [0.2, 0.25) is 0 Å². The predicted molar refractivity (Wildman–Crippen MR) is 76.7 cm³/mol. The lowest BCUT2D eigenvalue weighted by atomic mass is 10.00. The van der Waals surface area contributed by atoms with E-state index in [2.05, 4.69) is 0 Å². The van der Waals surface area contributed by atoms with Gasteiger partial charge in [0.05, 0.1) is 20.5 Å². The molecule has 0 spiro atoms. The van der Waals surface area contributed by atoms with E-state index in [1.807, 2.05) is 0 Å². The average molecular weight is 312 g/mol. The Kier molecular flexibility index (Phi) is 6.49. The van der Waals surface area contributed by atoms with Crippen LogP contribution in [0.25, 0.3) is 5.57 Å². The second-order valence-corrected chi connectivity index (χ2v) is 4.66. The van der Waals surface area contributed by atoms with Gasteiger partial charge in [0.25, 0.3) is 5.53 Å². The molecule has 0 aliphatic carbocycles. The van der Waals surface area contributed by atoms with Crippen LogP contribution in [-0.2, 0) is 33.8 Å². The Morgan fingerprint density at radius 1 is 1.14 bits per heavy atom. The van der Waals surface area contributed by atoms with Crippen LogP contribution in [0.3, 0.4) is 0 Å². The summed E-state index contributed by atoms with van der Waals surface area (Å²) in [6.07, 6.45) is 1.25. The van der Waals surface area contributed by atoms with E-state index in [-0.39, 0.29) is 5.57 Å². The van der Waals surface area contributed by atoms with Crippen molar-refractivity contribution in [3.05, 3.63) is 41.7 Å². The summed E-state index contributed by atoms with van der Waals surface area (Å²) in [5, 5.41) is 0. The van der Waals surface area contributed by atoms with Crippen molar-refractivity contribution in [1.29, 1.82) is 0 Å². The van der Waals surface area contributed by atoms with Crippen molar-refractivity contribution in [3.63, 3.8) is 0 Å². The molecule has 0 saturated carbocycles. The first-order valence-electron chi connectivity index (χ1n) is 5.96. The number of esters is 1. The number of rotatable bonds is 7. The summed E-state index contributed by atoms with van der Waals surface area (Å²) in [5.41, 5.74) is -0.492. The molecule has 6 nitrogen and oxygen atoms in total. The SMILES string of the molecule is CO/C=C(/C(=O)OC)c1ccccc1C(OC)(OC)P=O. The summed E-state index contributed by atoms with van der Waals surface area (Å²) in [4.78, 5) is 11.9.